The van der Waals surface area contributed by atoms with Crippen molar-refractivity contribution in [3.63, 3.8) is 0 Å². The maximum absolute atomic E-state index is 11.0. The van der Waals surface area contributed by atoms with Crippen molar-refractivity contribution < 1.29 is 4.92 Å². The van der Waals surface area contributed by atoms with Crippen LogP contribution in [-0.2, 0) is 0 Å². The number of benzene rings is 1. The Hall–Kier alpha value is -1.46. The van der Waals surface area contributed by atoms with E-state index in [1.807, 2.05) is 0 Å². The Morgan fingerprint density at radius 3 is 2.81 bits per heavy atom. The van der Waals surface area contributed by atoms with E-state index >= 15 is 0 Å². The molecular formula is C10H7ClN2O2S. The molecule has 0 bridgehead atoms. The average molecular weight is 255 g/mol. The van der Waals surface area contributed by atoms with Crippen molar-refractivity contribution in [1.82, 2.24) is 4.98 Å². The summed E-state index contributed by atoms with van der Waals surface area (Å²) in [6, 6.07) is 3.29. The lowest BCUT2D eigenvalue weighted by Crippen LogP contribution is -1.95. The first-order chi connectivity index (χ1) is 7.61. The highest BCUT2D eigenvalue weighted by molar-refractivity contribution is 7.13. The number of thiazole rings is 1. The lowest BCUT2D eigenvalue weighted by atomic mass is 10.1. The Kier molecular flexibility index (Phi) is 2.89. The summed E-state index contributed by atoms with van der Waals surface area (Å²) >= 11 is 7.20. The number of nitro benzene ring substituents is 1. The maximum atomic E-state index is 11.0. The van der Waals surface area contributed by atoms with Crippen LogP contribution in [0.15, 0.2) is 23.7 Å². The predicted molar refractivity (Wildman–Crippen MR) is 64.0 cm³/mol. The number of halogens is 1. The van der Waals surface area contributed by atoms with E-state index in [1.165, 1.54) is 17.4 Å². The summed E-state index contributed by atoms with van der Waals surface area (Å²) in [6.07, 6.45) is 1.62. The van der Waals surface area contributed by atoms with E-state index in [0.29, 0.717) is 10.6 Å². The number of aromatic nitrogens is 1. The molecule has 16 heavy (non-hydrogen) atoms. The fraction of sp³-hybridized carbons (Fsp3) is 0.100. The summed E-state index contributed by atoms with van der Waals surface area (Å²) in [5.41, 5.74) is 1.23. The van der Waals surface area contributed by atoms with Gasteiger partial charge in [-0.25, -0.2) is 4.98 Å². The van der Waals surface area contributed by atoms with Gasteiger partial charge in [-0.15, -0.1) is 11.3 Å². The first-order valence-corrected chi connectivity index (χ1v) is 5.70. The summed E-state index contributed by atoms with van der Waals surface area (Å²) in [6.45, 7) is 1.81. The number of nitrogens with zero attached hydrogens (tertiary/aromatic N) is 2. The Morgan fingerprint density at radius 1 is 1.50 bits per heavy atom. The molecule has 1 aromatic carbocycles. The minimum atomic E-state index is -0.466. The van der Waals surface area contributed by atoms with E-state index in [0.717, 1.165) is 5.56 Å². The summed E-state index contributed by atoms with van der Waals surface area (Å²) in [4.78, 5) is 14.6. The van der Waals surface area contributed by atoms with Crippen LogP contribution < -0.4 is 0 Å². The second-order valence-corrected chi connectivity index (χ2v) is 4.48. The number of nitro groups is 1. The molecule has 0 unspecified atom stereocenters. The highest BCUT2D eigenvalue weighted by Crippen LogP contribution is 2.38. The Labute approximate surface area is 101 Å². The van der Waals surface area contributed by atoms with Crippen LogP contribution in [0.3, 0.4) is 0 Å². The zero-order valence-corrected chi connectivity index (χ0v) is 9.88. The van der Waals surface area contributed by atoms with Crippen molar-refractivity contribution in [2.45, 2.75) is 6.92 Å². The normalized spacial score (nSPS) is 10.4. The molecule has 0 radical (unpaired) electrons. The van der Waals surface area contributed by atoms with Crippen molar-refractivity contribution in [3.8, 4) is 10.6 Å². The SMILES string of the molecule is Cc1ccc(Cl)c([N+](=O)[O-])c1-c1nccs1. The number of rotatable bonds is 2. The van der Waals surface area contributed by atoms with Gasteiger partial charge in [-0.2, -0.15) is 0 Å². The molecule has 0 fully saturated rings. The van der Waals surface area contributed by atoms with Crippen molar-refractivity contribution >= 4 is 28.6 Å². The minimum absolute atomic E-state index is 0.0726. The third-order valence-corrected chi connectivity index (χ3v) is 3.26. The molecule has 0 aliphatic rings. The molecule has 0 saturated carbocycles. The highest BCUT2D eigenvalue weighted by Gasteiger charge is 2.23. The first-order valence-electron chi connectivity index (χ1n) is 4.44. The van der Waals surface area contributed by atoms with Crippen LogP contribution in [0.4, 0.5) is 5.69 Å². The number of hydrogen-bond acceptors (Lipinski definition) is 4. The van der Waals surface area contributed by atoms with Crippen molar-refractivity contribution in [3.05, 3.63) is 44.4 Å². The molecule has 0 saturated heterocycles. The van der Waals surface area contributed by atoms with Gasteiger partial charge >= 0.3 is 0 Å². The Balaban J connectivity index is 2.76. The maximum Gasteiger partial charge on any atom is 0.298 e. The van der Waals surface area contributed by atoms with Gasteiger partial charge in [-0.1, -0.05) is 17.7 Å². The predicted octanol–water partition coefficient (Wildman–Crippen LogP) is 3.68. The minimum Gasteiger partial charge on any atom is -0.258 e. The number of aryl methyl sites for hydroxylation is 1. The molecule has 1 heterocycles. The summed E-state index contributed by atoms with van der Waals surface area (Å²) in [5, 5.41) is 13.5. The van der Waals surface area contributed by atoms with E-state index in [4.69, 9.17) is 11.6 Å². The quantitative estimate of drug-likeness (QED) is 0.607. The zero-order chi connectivity index (χ0) is 11.7. The molecule has 6 heteroatoms. The largest absolute Gasteiger partial charge is 0.298 e. The van der Waals surface area contributed by atoms with Gasteiger partial charge in [0.1, 0.15) is 10.0 Å². The van der Waals surface area contributed by atoms with Crippen LogP contribution in [0.25, 0.3) is 10.6 Å². The fourth-order valence-corrected chi connectivity index (χ4v) is 2.44. The molecule has 0 N–H and O–H groups in total. The molecule has 2 aromatic rings. The highest BCUT2D eigenvalue weighted by atomic mass is 35.5. The van der Waals surface area contributed by atoms with E-state index in [-0.39, 0.29) is 10.7 Å². The van der Waals surface area contributed by atoms with Crippen molar-refractivity contribution in [1.29, 1.82) is 0 Å². The second-order valence-electron chi connectivity index (χ2n) is 3.18. The molecule has 0 aliphatic heterocycles. The summed E-state index contributed by atoms with van der Waals surface area (Å²) in [5.74, 6) is 0. The zero-order valence-electron chi connectivity index (χ0n) is 8.31. The average Bonchev–Trinajstić information content (AvgIpc) is 2.73. The Bertz CT molecular complexity index is 540. The molecule has 0 aliphatic carbocycles. The topological polar surface area (TPSA) is 56.0 Å². The van der Waals surface area contributed by atoms with Crippen LogP contribution in [0.1, 0.15) is 5.56 Å². The van der Waals surface area contributed by atoms with Crippen molar-refractivity contribution in [2.75, 3.05) is 0 Å². The molecule has 0 spiro atoms. The van der Waals surface area contributed by atoms with Crippen LogP contribution in [0.2, 0.25) is 5.02 Å². The monoisotopic (exact) mass is 254 g/mol. The third-order valence-electron chi connectivity index (χ3n) is 2.17. The van der Waals surface area contributed by atoms with E-state index in [1.54, 1.807) is 24.6 Å². The molecular weight excluding hydrogens is 248 g/mol. The van der Waals surface area contributed by atoms with Gasteiger partial charge in [0.25, 0.3) is 5.69 Å². The summed E-state index contributed by atoms with van der Waals surface area (Å²) < 4.78 is 0. The van der Waals surface area contributed by atoms with Gasteiger partial charge in [0, 0.05) is 11.6 Å². The molecule has 1 aromatic heterocycles. The van der Waals surface area contributed by atoms with Crippen LogP contribution in [-0.4, -0.2) is 9.91 Å². The fourth-order valence-electron chi connectivity index (χ4n) is 1.46. The van der Waals surface area contributed by atoms with Gasteiger partial charge < -0.3 is 0 Å². The van der Waals surface area contributed by atoms with Gasteiger partial charge in [0.2, 0.25) is 0 Å². The molecule has 0 atom stereocenters. The van der Waals surface area contributed by atoms with Crippen LogP contribution in [0, 0.1) is 17.0 Å². The Morgan fingerprint density at radius 2 is 2.25 bits per heavy atom. The van der Waals surface area contributed by atoms with E-state index < -0.39 is 4.92 Å². The van der Waals surface area contributed by atoms with Crippen LogP contribution >= 0.6 is 22.9 Å². The molecule has 0 amide bonds. The smallest absolute Gasteiger partial charge is 0.258 e. The lowest BCUT2D eigenvalue weighted by molar-refractivity contribution is -0.384. The standard InChI is InChI=1S/C10H7ClN2O2S/c1-6-2-3-7(11)9(13(14)15)8(6)10-12-4-5-16-10/h2-5H,1H3. The molecule has 4 nitrogen and oxygen atoms in total. The second kappa shape index (κ2) is 4.19. The van der Waals surface area contributed by atoms with Gasteiger partial charge in [0.05, 0.1) is 10.5 Å². The lowest BCUT2D eigenvalue weighted by Gasteiger charge is -2.04. The summed E-state index contributed by atoms with van der Waals surface area (Å²) in [7, 11) is 0. The van der Waals surface area contributed by atoms with E-state index in [2.05, 4.69) is 4.98 Å². The first kappa shape index (κ1) is 11.0. The van der Waals surface area contributed by atoms with Crippen LogP contribution in [0.5, 0.6) is 0 Å². The van der Waals surface area contributed by atoms with Gasteiger partial charge in [0.15, 0.2) is 0 Å². The van der Waals surface area contributed by atoms with E-state index in [9.17, 15) is 10.1 Å². The number of hydrogen-bond donors (Lipinski definition) is 0. The van der Waals surface area contributed by atoms with Gasteiger partial charge in [-0.05, 0) is 18.6 Å². The van der Waals surface area contributed by atoms with Gasteiger partial charge in [-0.3, -0.25) is 10.1 Å². The molecule has 82 valence electrons. The molecule has 2 rings (SSSR count). The van der Waals surface area contributed by atoms with Crippen molar-refractivity contribution in [2.24, 2.45) is 0 Å². The third kappa shape index (κ3) is 1.79.